The molecule has 1 aromatic rings. The third kappa shape index (κ3) is 2.54. The Balaban J connectivity index is 3.32. The quantitative estimate of drug-likeness (QED) is 0.852. The number of aliphatic carboxylic acids is 1. The van der Waals surface area contributed by atoms with E-state index in [4.69, 9.17) is 9.84 Å². The second-order valence-corrected chi connectivity index (χ2v) is 4.21. The SMILES string of the molecule is COc1c(C(C)C)ccc(C)c1CC(=O)O. The molecular weight excluding hydrogens is 204 g/mol. The highest BCUT2D eigenvalue weighted by Crippen LogP contribution is 2.32. The zero-order valence-electron chi connectivity index (χ0n) is 10.2. The van der Waals surface area contributed by atoms with E-state index in [1.54, 1.807) is 7.11 Å². The molecule has 3 heteroatoms. The van der Waals surface area contributed by atoms with Gasteiger partial charge in [0.05, 0.1) is 13.5 Å². The number of aryl methyl sites for hydroxylation is 1. The molecule has 0 aliphatic rings. The van der Waals surface area contributed by atoms with E-state index in [0.29, 0.717) is 5.92 Å². The highest BCUT2D eigenvalue weighted by atomic mass is 16.5. The molecule has 0 saturated carbocycles. The van der Waals surface area contributed by atoms with Gasteiger partial charge >= 0.3 is 5.97 Å². The zero-order chi connectivity index (χ0) is 12.3. The predicted molar refractivity (Wildman–Crippen MR) is 63.2 cm³/mol. The summed E-state index contributed by atoms with van der Waals surface area (Å²) in [5.41, 5.74) is 2.80. The van der Waals surface area contributed by atoms with Crippen LogP contribution in [0.1, 0.15) is 36.5 Å². The lowest BCUT2D eigenvalue weighted by atomic mass is 9.94. The molecule has 0 aliphatic carbocycles. The molecule has 0 heterocycles. The molecule has 3 nitrogen and oxygen atoms in total. The maximum Gasteiger partial charge on any atom is 0.307 e. The Morgan fingerprint density at radius 1 is 1.44 bits per heavy atom. The summed E-state index contributed by atoms with van der Waals surface area (Å²) in [5.74, 6) is 0.211. The van der Waals surface area contributed by atoms with Gasteiger partial charge in [-0.05, 0) is 24.0 Å². The Morgan fingerprint density at radius 3 is 2.50 bits per heavy atom. The van der Waals surface area contributed by atoms with Gasteiger partial charge in [-0.1, -0.05) is 26.0 Å². The molecular formula is C13H18O3. The molecule has 0 aromatic heterocycles. The minimum atomic E-state index is -0.831. The van der Waals surface area contributed by atoms with Crippen LogP contribution in [0.25, 0.3) is 0 Å². The number of carboxylic acid groups (broad SMARTS) is 1. The van der Waals surface area contributed by atoms with Gasteiger partial charge in [0, 0.05) is 5.56 Å². The van der Waals surface area contributed by atoms with E-state index in [1.807, 2.05) is 19.1 Å². The van der Waals surface area contributed by atoms with E-state index in [2.05, 4.69) is 13.8 Å². The number of hydrogen-bond donors (Lipinski definition) is 1. The van der Waals surface area contributed by atoms with Crippen LogP contribution in [0.4, 0.5) is 0 Å². The van der Waals surface area contributed by atoms with Gasteiger partial charge in [-0.25, -0.2) is 0 Å². The lowest BCUT2D eigenvalue weighted by molar-refractivity contribution is -0.136. The predicted octanol–water partition coefficient (Wildman–Crippen LogP) is 2.75. The van der Waals surface area contributed by atoms with Gasteiger partial charge in [0.1, 0.15) is 5.75 Å². The number of hydrogen-bond acceptors (Lipinski definition) is 2. The highest BCUT2D eigenvalue weighted by molar-refractivity contribution is 5.72. The number of carboxylic acids is 1. The molecule has 0 spiro atoms. The van der Waals surface area contributed by atoms with E-state index in [1.165, 1.54) is 0 Å². The van der Waals surface area contributed by atoms with Crippen molar-refractivity contribution < 1.29 is 14.6 Å². The van der Waals surface area contributed by atoms with E-state index in [0.717, 1.165) is 22.4 Å². The third-order valence-electron chi connectivity index (χ3n) is 2.68. The standard InChI is InChI=1S/C13H18O3/c1-8(2)10-6-5-9(3)11(7-12(14)15)13(10)16-4/h5-6,8H,7H2,1-4H3,(H,14,15). The van der Waals surface area contributed by atoms with Crippen LogP contribution in [-0.2, 0) is 11.2 Å². The number of methoxy groups -OCH3 is 1. The lowest BCUT2D eigenvalue weighted by Gasteiger charge is -2.17. The Bertz CT molecular complexity index is 394. The van der Waals surface area contributed by atoms with E-state index in [-0.39, 0.29) is 6.42 Å². The van der Waals surface area contributed by atoms with Crippen LogP contribution in [0.3, 0.4) is 0 Å². The van der Waals surface area contributed by atoms with Gasteiger partial charge in [0.2, 0.25) is 0 Å². The number of ether oxygens (including phenoxy) is 1. The van der Waals surface area contributed by atoms with Crippen molar-refractivity contribution in [2.75, 3.05) is 7.11 Å². The number of rotatable bonds is 4. The molecule has 0 atom stereocenters. The summed E-state index contributed by atoms with van der Waals surface area (Å²) in [5, 5.41) is 8.89. The summed E-state index contributed by atoms with van der Waals surface area (Å²) >= 11 is 0. The summed E-state index contributed by atoms with van der Waals surface area (Å²) in [7, 11) is 1.59. The van der Waals surface area contributed by atoms with E-state index in [9.17, 15) is 4.79 Å². The normalized spacial score (nSPS) is 10.6. The van der Waals surface area contributed by atoms with Crippen molar-refractivity contribution in [3.63, 3.8) is 0 Å². The Morgan fingerprint density at radius 2 is 2.06 bits per heavy atom. The zero-order valence-corrected chi connectivity index (χ0v) is 10.2. The molecule has 1 N–H and O–H groups in total. The summed E-state index contributed by atoms with van der Waals surface area (Å²) in [4.78, 5) is 10.8. The molecule has 0 unspecified atom stereocenters. The molecule has 88 valence electrons. The van der Waals surface area contributed by atoms with Crippen LogP contribution < -0.4 is 4.74 Å². The van der Waals surface area contributed by atoms with E-state index >= 15 is 0 Å². The second-order valence-electron chi connectivity index (χ2n) is 4.21. The van der Waals surface area contributed by atoms with Crippen molar-refractivity contribution >= 4 is 5.97 Å². The van der Waals surface area contributed by atoms with Gasteiger partial charge in [-0.2, -0.15) is 0 Å². The van der Waals surface area contributed by atoms with Crippen LogP contribution >= 0.6 is 0 Å². The Labute approximate surface area is 96.1 Å². The first-order valence-electron chi connectivity index (χ1n) is 5.35. The highest BCUT2D eigenvalue weighted by Gasteiger charge is 2.16. The van der Waals surface area contributed by atoms with Crippen molar-refractivity contribution in [3.05, 3.63) is 28.8 Å². The van der Waals surface area contributed by atoms with Gasteiger partial charge in [0.15, 0.2) is 0 Å². The van der Waals surface area contributed by atoms with Crippen molar-refractivity contribution in [2.45, 2.75) is 33.1 Å². The van der Waals surface area contributed by atoms with Crippen molar-refractivity contribution in [2.24, 2.45) is 0 Å². The fraction of sp³-hybridized carbons (Fsp3) is 0.462. The summed E-state index contributed by atoms with van der Waals surface area (Å²) in [6.45, 7) is 6.04. The first-order valence-corrected chi connectivity index (χ1v) is 5.35. The molecule has 0 radical (unpaired) electrons. The van der Waals surface area contributed by atoms with Crippen LogP contribution in [0.5, 0.6) is 5.75 Å². The van der Waals surface area contributed by atoms with Gasteiger partial charge < -0.3 is 9.84 Å². The van der Waals surface area contributed by atoms with Crippen molar-refractivity contribution in [3.8, 4) is 5.75 Å². The Hall–Kier alpha value is -1.51. The van der Waals surface area contributed by atoms with Crippen molar-refractivity contribution in [1.29, 1.82) is 0 Å². The monoisotopic (exact) mass is 222 g/mol. The minimum Gasteiger partial charge on any atom is -0.496 e. The smallest absolute Gasteiger partial charge is 0.307 e. The third-order valence-corrected chi connectivity index (χ3v) is 2.68. The summed E-state index contributed by atoms with van der Waals surface area (Å²) in [6.07, 6.45) is 0.00949. The molecule has 0 saturated heterocycles. The summed E-state index contributed by atoms with van der Waals surface area (Å²) < 4.78 is 5.36. The molecule has 1 aromatic carbocycles. The number of benzene rings is 1. The fourth-order valence-electron chi connectivity index (χ4n) is 1.81. The molecule has 0 fully saturated rings. The lowest BCUT2D eigenvalue weighted by Crippen LogP contribution is -2.07. The molecule has 0 amide bonds. The fourth-order valence-corrected chi connectivity index (χ4v) is 1.81. The van der Waals surface area contributed by atoms with Crippen LogP contribution in [0.2, 0.25) is 0 Å². The average molecular weight is 222 g/mol. The average Bonchev–Trinajstić information content (AvgIpc) is 2.19. The van der Waals surface area contributed by atoms with Gasteiger partial charge in [0.25, 0.3) is 0 Å². The molecule has 0 aliphatic heterocycles. The Kier molecular flexibility index (Phi) is 3.93. The molecule has 0 bridgehead atoms. The first kappa shape index (κ1) is 12.6. The molecule has 16 heavy (non-hydrogen) atoms. The van der Waals surface area contributed by atoms with Crippen LogP contribution in [-0.4, -0.2) is 18.2 Å². The topological polar surface area (TPSA) is 46.5 Å². The van der Waals surface area contributed by atoms with Gasteiger partial charge in [-0.3, -0.25) is 4.79 Å². The van der Waals surface area contributed by atoms with Crippen molar-refractivity contribution in [1.82, 2.24) is 0 Å². The summed E-state index contributed by atoms with van der Waals surface area (Å²) in [6, 6.07) is 3.96. The van der Waals surface area contributed by atoms with Crippen LogP contribution in [0, 0.1) is 6.92 Å². The second kappa shape index (κ2) is 5.01. The maximum atomic E-state index is 10.8. The van der Waals surface area contributed by atoms with E-state index < -0.39 is 5.97 Å². The van der Waals surface area contributed by atoms with Crippen LogP contribution in [0.15, 0.2) is 12.1 Å². The first-order chi connectivity index (χ1) is 7.47. The largest absolute Gasteiger partial charge is 0.496 e. The number of carbonyl (C=O) groups is 1. The molecule has 1 rings (SSSR count). The minimum absolute atomic E-state index is 0.00949. The maximum absolute atomic E-state index is 10.8. The van der Waals surface area contributed by atoms with Gasteiger partial charge in [-0.15, -0.1) is 0 Å².